The first kappa shape index (κ1) is 16.0. The van der Waals surface area contributed by atoms with E-state index in [0.29, 0.717) is 10.8 Å². The van der Waals surface area contributed by atoms with Gasteiger partial charge in [0, 0.05) is 22.5 Å². The Morgan fingerprint density at radius 2 is 2.17 bits per heavy atom. The van der Waals surface area contributed by atoms with Crippen LogP contribution in [0.25, 0.3) is 10.9 Å². The van der Waals surface area contributed by atoms with E-state index >= 15 is 0 Å². The Bertz CT molecular complexity index is 857. The molecule has 24 heavy (non-hydrogen) atoms. The molecule has 8 heteroatoms. The lowest BCUT2D eigenvalue weighted by Crippen LogP contribution is -2.23. The maximum absolute atomic E-state index is 12.2. The summed E-state index contributed by atoms with van der Waals surface area (Å²) in [5.41, 5.74) is 1.42. The standard InChI is InChI=1S/C16H16N4O3S/c1-2-23-15(22)14-13(10-5-3-4-6-11(10)19-14)20-12(21)9-18-16-17-7-8-24-16/h3-8,19H,2,9H2,1H3,(H,17,18)(H,20,21). The fourth-order valence-corrected chi connectivity index (χ4v) is 2.81. The lowest BCUT2D eigenvalue weighted by molar-refractivity contribution is -0.114. The minimum atomic E-state index is -0.503. The Hall–Kier alpha value is -2.87. The lowest BCUT2D eigenvalue weighted by Gasteiger charge is -2.07. The van der Waals surface area contributed by atoms with Crippen molar-refractivity contribution in [3.05, 3.63) is 41.5 Å². The van der Waals surface area contributed by atoms with E-state index in [0.717, 1.165) is 10.9 Å². The highest BCUT2D eigenvalue weighted by atomic mass is 32.1. The largest absolute Gasteiger partial charge is 0.461 e. The number of ether oxygens (including phenoxy) is 1. The monoisotopic (exact) mass is 344 g/mol. The summed E-state index contributed by atoms with van der Waals surface area (Å²) in [5, 5.41) is 8.94. The normalized spacial score (nSPS) is 10.5. The van der Waals surface area contributed by atoms with Gasteiger partial charge < -0.3 is 20.4 Å². The number of benzene rings is 1. The Morgan fingerprint density at radius 3 is 2.92 bits per heavy atom. The van der Waals surface area contributed by atoms with Gasteiger partial charge in [0.1, 0.15) is 5.69 Å². The number of anilines is 2. The highest BCUT2D eigenvalue weighted by molar-refractivity contribution is 7.13. The second kappa shape index (κ2) is 7.14. The molecular weight excluding hydrogens is 328 g/mol. The fraction of sp³-hybridized carbons (Fsp3) is 0.188. The van der Waals surface area contributed by atoms with Gasteiger partial charge in [-0.05, 0) is 13.0 Å². The number of carbonyl (C=O) groups is 2. The Kier molecular flexibility index (Phi) is 4.76. The molecule has 0 bridgehead atoms. The number of H-pyrrole nitrogens is 1. The number of fused-ring (bicyclic) bond motifs is 1. The molecule has 0 unspecified atom stereocenters. The van der Waals surface area contributed by atoms with Crippen molar-refractivity contribution < 1.29 is 14.3 Å². The number of esters is 1. The summed E-state index contributed by atoms with van der Waals surface area (Å²) in [6, 6.07) is 7.36. The number of hydrogen-bond donors (Lipinski definition) is 3. The van der Waals surface area contributed by atoms with Gasteiger partial charge in [-0.1, -0.05) is 18.2 Å². The molecule has 0 saturated heterocycles. The first-order valence-electron chi connectivity index (χ1n) is 7.40. The number of aromatic nitrogens is 2. The van der Waals surface area contributed by atoms with Crippen LogP contribution in [0.4, 0.5) is 10.8 Å². The number of carbonyl (C=O) groups excluding carboxylic acids is 2. The van der Waals surface area contributed by atoms with Crippen LogP contribution in [-0.4, -0.2) is 35.0 Å². The van der Waals surface area contributed by atoms with Crippen LogP contribution in [0.3, 0.4) is 0 Å². The molecule has 0 spiro atoms. The topological polar surface area (TPSA) is 96.1 Å². The molecule has 124 valence electrons. The molecule has 3 aromatic rings. The molecule has 0 saturated carbocycles. The highest BCUT2D eigenvalue weighted by Gasteiger charge is 2.20. The van der Waals surface area contributed by atoms with Gasteiger partial charge in [0.25, 0.3) is 0 Å². The number of thiazole rings is 1. The van der Waals surface area contributed by atoms with Crippen LogP contribution in [0.5, 0.6) is 0 Å². The molecule has 3 rings (SSSR count). The molecule has 2 heterocycles. The third-order valence-electron chi connectivity index (χ3n) is 3.28. The molecule has 0 atom stereocenters. The minimum Gasteiger partial charge on any atom is -0.461 e. The summed E-state index contributed by atoms with van der Waals surface area (Å²) in [6.07, 6.45) is 1.66. The summed E-state index contributed by atoms with van der Waals surface area (Å²) in [5.74, 6) is -0.780. The molecular formula is C16H16N4O3S. The van der Waals surface area contributed by atoms with E-state index in [4.69, 9.17) is 4.74 Å². The van der Waals surface area contributed by atoms with Crippen molar-refractivity contribution in [3.63, 3.8) is 0 Å². The van der Waals surface area contributed by atoms with Crippen molar-refractivity contribution in [2.45, 2.75) is 6.92 Å². The van der Waals surface area contributed by atoms with Crippen LogP contribution in [0.1, 0.15) is 17.4 Å². The van der Waals surface area contributed by atoms with Gasteiger partial charge in [-0.3, -0.25) is 4.79 Å². The predicted molar refractivity (Wildman–Crippen MR) is 93.5 cm³/mol. The van der Waals surface area contributed by atoms with Gasteiger partial charge in [-0.25, -0.2) is 9.78 Å². The van der Waals surface area contributed by atoms with E-state index in [-0.39, 0.29) is 24.8 Å². The highest BCUT2D eigenvalue weighted by Crippen LogP contribution is 2.28. The van der Waals surface area contributed by atoms with Gasteiger partial charge >= 0.3 is 5.97 Å². The van der Waals surface area contributed by atoms with Crippen molar-refractivity contribution in [2.24, 2.45) is 0 Å². The fourth-order valence-electron chi connectivity index (χ4n) is 2.28. The van der Waals surface area contributed by atoms with Crippen molar-refractivity contribution >= 4 is 44.9 Å². The number of hydrogen-bond acceptors (Lipinski definition) is 6. The molecule has 7 nitrogen and oxygen atoms in total. The van der Waals surface area contributed by atoms with Gasteiger partial charge in [-0.15, -0.1) is 11.3 Å². The zero-order valence-electron chi connectivity index (χ0n) is 13.0. The Labute approximate surface area is 142 Å². The summed E-state index contributed by atoms with van der Waals surface area (Å²) >= 11 is 1.41. The number of para-hydroxylation sites is 1. The van der Waals surface area contributed by atoms with Crippen LogP contribution in [0, 0.1) is 0 Å². The van der Waals surface area contributed by atoms with Crippen LogP contribution < -0.4 is 10.6 Å². The summed E-state index contributed by atoms with van der Waals surface area (Å²) < 4.78 is 5.05. The van der Waals surface area contributed by atoms with Crippen molar-refractivity contribution in [1.29, 1.82) is 0 Å². The van der Waals surface area contributed by atoms with Gasteiger partial charge in [0.05, 0.1) is 18.8 Å². The average molecular weight is 344 g/mol. The van der Waals surface area contributed by atoms with Crippen molar-refractivity contribution in [2.75, 3.05) is 23.8 Å². The number of amides is 1. The molecule has 0 fully saturated rings. The Morgan fingerprint density at radius 1 is 1.33 bits per heavy atom. The molecule has 0 radical (unpaired) electrons. The second-order valence-electron chi connectivity index (χ2n) is 4.88. The molecule has 1 amide bonds. The smallest absolute Gasteiger partial charge is 0.356 e. The number of aromatic amines is 1. The number of nitrogens with zero attached hydrogens (tertiary/aromatic N) is 1. The van der Waals surface area contributed by atoms with Crippen molar-refractivity contribution in [1.82, 2.24) is 9.97 Å². The predicted octanol–water partition coefficient (Wildman–Crippen LogP) is 2.85. The number of rotatable bonds is 6. The first-order valence-corrected chi connectivity index (χ1v) is 8.28. The second-order valence-corrected chi connectivity index (χ2v) is 5.77. The quantitative estimate of drug-likeness (QED) is 0.598. The third kappa shape index (κ3) is 3.38. The molecule has 0 aliphatic carbocycles. The zero-order valence-corrected chi connectivity index (χ0v) is 13.8. The van der Waals surface area contributed by atoms with E-state index in [2.05, 4.69) is 20.6 Å². The maximum Gasteiger partial charge on any atom is 0.356 e. The van der Waals surface area contributed by atoms with E-state index in [1.165, 1.54) is 11.3 Å². The van der Waals surface area contributed by atoms with E-state index in [1.54, 1.807) is 13.1 Å². The maximum atomic E-state index is 12.2. The van der Waals surface area contributed by atoms with E-state index in [1.807, 2.05) is 29.6 Å². The van der Waals surface area contributed by atoms with Crippen LogP contribution in [0.15, 0.2) is 35.8 Å². The molecule has 0 aliphatic heterocycles. The Balaban J connectivity index is 1.82. The third-order valence-corrected chi connectivity index (χ3v) is 4.01. The first-order chi connectivity index (χ1) is 11.7. The van der Waals surface area contributed by atoms with E-state index < -0.39 is 5.97 Å². The van der Waals surface area contributed by atoms with Crippen LogP contribution in [0.2, 0.25) is 0 Å². The summed E-state index contributed by atoms with van der Waals surface area (Å²) in [7, 11) is 0. The minimum absolute atomic E-state index is 0.0509. The summed E-state index contributed by atoms with van der Waals surface area (Å²) in [6.45, 7) is 2.04. The molecule has 0 aliphatic rings. The summed E-state index contributed by atoms with van der Waals surface area (Å²) in [4.78, 5) is 31.4. The molecule has 3 N–H and O–H groups in total. The number of nitrogens with one attached hydrogen (secondary N) is 3. The average Bonchev–Trinajstić information content (AvgIpc) is 3.21. The molecule has 1 aromatic carbocycles. The SMILES string of the molecule is CCOC(=O)c1[nH]c2ccccc2c1NC(=O)CNc1nccs1. The lowest BCUT2D eigenvalue weighted by atomic mass is 10.2. The zero-order chi connectivity index (χ0) is 16.9. The van der Waals surface area contributed by atoms with Crippen molar-refractivity contribution in [3.8, 4) is 0 Å². The van der Waals surface area contributed by atoms with Crippen LogP contribution in [-0.2, 0) is 9.53 Å². The van der Waals surface area contributed by atoms with Gasteiger partial charge in [0.2, 0.25) is 5.91 Å². The van der Waals surface area contributed by atoms with Gasteiger partial charge in [0.15, 0.2) is 5.13 Å². The van der Waals surface area contributed by atoms with Crippen LogP contribution >= 0.6 is 11.3 Å². The molecule has 2 aromatic heterocycles. The van der Waals surface area contributed by atoms with E-state index in [9.17, 15) is 9.59 Å². The van der Waals surface area contributed by atoms with Gasteiger partial charge in [-0.2, -0.15) is 0 Å².